The van der Waals surface area contributed by atoms with Gasteiger partial charge in [0.25, 0.3) is 0 Å². The highest BCUT2D eigenvalue weighted by Gasteiger charge is 2.36. The maximum absolute atomic E-state index is 11.8. The van der Waals surface area contributed by atoms with E-state index < -0.39 is 5.60 Å². The van der Waals surface area contributed by atoms with Gasteiger partial charge in [0.05, 0.1) is 16.8 Å². The van der Waals surface area contributed by atoms with Gasteiger partial charge in [0.2, 0.25) is 0 Å². The van der Waals surface area contributed by atoms with Gasteiger partial charge in [0.15, 0.2) is 5.13 Å². The normalized spacial score (nSPS) is 17.0. The van der Waals surface area contributed by atoms with E-state index in [1.165, 1.54) is 11.0 Å². The molecule has 1 N–H and O–H groups in total. The van der Waals surface area contributed by atoms with Crippen LogP contribution in [0.25, 0.3) is 10.2 Å². The SMILES string of the molecule is OC(CN1CCN(c2nc3ccccc3s2)CC1)(Cn1cncn1)c1ccc(Cl)cc1Cl. The Morgan fingerprint density at radius 2 is 1.84 bits per heavy atom. The van der Waals surface area contributed by atoms with Gasteiger partial charge < -0.3 is 10.0 Å². The molecule has 0 amide bonds. The number of aliphatic hydroxyl groups is 1. The largest absolute Gasteiger partial charge is 0.382 e. The van der Waals surface area contributed by atoms with Crippen molar-refractivity contribution in [1.82, 2.24) is 24.6 Å². The van der Waals surface area contributed by atoms with Crippen molar-refractivity contribution in [3.05, 3.63) is 70.7 Å². The minimum atomic E-state index is -1.24. The number of anilines is 1. The maximum Gasteiger partial charge on any atom is 0.186 e. The summed E-state index contributed by atoms with van der Waals surface area (Å²) in [5.74, 6) is 0. The van der Waals surface area contributed by atoms with Crippen molar-refractivity contribution in [2.45, 2.75) is 12.1 Å². The van der Waals surface area contributed by atoms with E-state index in [9.17, 15) is 5.11 Å². The molecule has 32 heavy (non-hydrogen) atoms. The van der Waals surface area contributed by atoms with Crippen molar-refractivity contribution in [3.63, 3.8) is 0 Å². The van der Waals surface area contributed by atoms with E-state index >= 15 is 0 Å². The Balaban J connectivity index is 1.33. The Labute approximate surface area is 199 Å². The average molecular weight is 489 g/mol. The fraction of sp³-hybridized carbons (Fsp3) is 0.318. The van der Waals surface area contributed by atoms with Crippen LogP contribution in [0.3, 0.4) is 0 Å². The number of fused-ring (bicyclic) bond motifs is 1. The number of rotatable bonds is 6. The second-order valence-corrected chi connectivity index (χ2v) is 9.83. The molecule has 2 aromatic heterocycles. The van der Waals surface area contributed by atoms with Gasteiger partial charge in [0.1, 0.15) is 18.3 Å². The molecular weight excluding hydrogens is 467 g/mol. The molecule has 5 rings (SSSR count). The predicted octanol–water partition coefficient (Wildman–Crippen LogP) is 3.90. The molecule has 1 aliphatic heterocycles. The van der Waals surface area contributed by atoms with Gasteiger partial charge in [-0.05, 0) is 24.3 Å². The Hall–Kier alpha value is -2.23. The van der Waals surface area contributed by atoms with Gasteiger partial charge in [-0.25, -0.2) is 14.6 Å². The van der Waals surface area contributed by atoms with Crippen LogP contribution in [0.15, 0.2) is 55.1 Å². The maximum atomic E-state index is 11.8. The van der Waals surface area contributed by atoms with Crippen molar-refractivity contribution >= 4 is 49.9 Å². The van der Waals surface area contributed by atoms with Crippen molar-refractivity contribution in [3.8, 4) is 0 Å². The first-order chi connectivity index (χ1) is 15.5. The Morgan fingerprint density at radius 1 is 1.03 bits per heavy atom. The van der Waals surface area contributed by atoms with Gasteiger partial charge >= 0.3 is 0 Å². The summed E-state index contributed by atoms with van der Waals surface area (Å²) in [5.41, 5.74) is 0.426. The Bertz CT molecular complexity index is 1180. The van der Waals surface area contributed by atoms with Gasteiger partial charge in [0, 0.05) is 48.3 Å². The molecule has 1 atom stereocenters. The van der Waals surface area contributed by atoms with Crippen LogP contribution in [0.4, 0.5) is 5.13 Å². The third kappa shape index (κ3) is 4.46. The number of thiazole rings is 1. The van der Waals surface area contributed by atoms with E-state index in [0.717, 1.165) is 36.8 Å². The van der Waals surface area contributed by atoms with Crippen LogP contribution in [-0.4, -0.2) is 62.5 Å². The summed E-state index contributed by atoms with van der Waals surface area (Å²) in [5, 5.41) is 18.0. The molecule has 0 radical (unpaired) electrons. The zero-order valence-corrected chi connectivity index (χ0v) is 19.6. The number of para-hydroxylation sites is 1. The average Bonchev–Trinajstić information content (AvgIpc) is 3.43. The minimum absolute atomic E-state index is 0.242. The van der Waals surface area contributed by atoms with Crippen LogP contribution < -0.4 is 4.90 Å². The standard InChI is InChI=1S/C22H22Cl2N6OS/c23-16-5-6-17(18(24)11-16)22(31,13-30-15-25-14-26-30)12-28-7-9-29(10-8-28)21-27-19-3-1-2-4-20(19)32-21/h1-6,11,14-15,31H,7-10,12-13H2. The Kier molecular flexibility index (Phi) is 6.05. The molecule has 0 bridgehead atoms. The number of aromatic nitrogens is 4. The summed E-state index contributed by atoms with van der Waals surface area (Å²) < 4.78 is 2.83. The number of halogens is 2. The number of benzene rings is 2. The third-order valence-electron chi connectivity index (χ3n) is 5.73. The van der Waals surface area contributed by atoms with Crippen molar-refractivity contribution in [1.29, 1.82) is 0 Å². The molecule has 0 spiro atoms. The highest BCUT2D eigenvalue weighted by molar-refractivity contribution is 7.22. The lowest BCUT2D eigenvalue weighted by Gasteiger charge is -2.39. The number of piperazine rings is 1. The van der Waals surface area contributed by atoms with E-state index in [1.54, 1.807) is 40.5 Å². The van der Waals surface area contributed by atoms with Crippen LogP contribution in [-0.2, 0) is 12.1 Å². The summed E-state index contributed by atoms with van der Waals surface area (Å²) in [6, 6.07) is 13.4. The van der Waals surface area contributed by atoms with E-state index in [0.29, 0.717) is 22.2 Å². The van der Waals surface area contributed by atoms with Crippen LogP contribution in [0, 0.1) is 0 Å². The molecule has 7 nitrogen and oxygen atoms in total. The molecule has 1 aliphatic rings. The highest BCUT2D eigenvalue weighted by atomic mass is 35.5. The predicted molar refractivity (Wildman–Crippen MR) is 129 cm³/mol. The molecule has 0 saturated carbocycles. The van der Waals surface area contributed by atoms with E-state index in [-0.39, 0.29) is 6.54 Å². The van der Waals surface area contributed by atoms with Crippen LogP contribution >= 0.6 is 34.5 Å². The first kappa shape index (κ1) is 21.6. The molecule has 10 heteroatoms. The van der Waals surface area contributed by atoms with Crippen LogP contribution in [0.1, 0.15) is 5.56 Å². The molecule has 2 aromatic carbocycles. The number of nitrogens with zero attached hydrogens (tertiary/aromatic N) is 6. The molecule has 1 fully saturated rings. The monoisotopic (exact) mass is 488 g/mol. The molecule has 4 aromatic rings. The smallest absolute Gasteiger partial charge is 0.186 e. The van der Waals surface area contributed by atoms with E-state index in [4.69, 9.17) is 28.2 Å². The molecule has 166 valence electrons. The number of β-amino-alcohol motifs (C(OH)–C–C–N with tert-alkyl or cyclic N) is 1. The summed E-state index contributed by atoms with van der Waals surface area (Å²) in [4.78, 5) is 13.4. The second kappa shape index (κ2) is 8.96. The fourth-order valence-corrected chi connectivity index (χ4v) is 5.73. The number of hydrogen-bond acceptors (Lipinski definition) is 7. The molecule has 1 unspecified atom stereocenters. The van der Waals surface area contributed by atoms with E-state index in [2.05, 4.69) is 25.9 Å². The minimum Gasteiger partial charge on any atom is -0.382 e. The zero-order chi connectivity index (χ0) is 22.1. The third-order valence-corrected chi connectivity index (χ3v) is 7.38. The molecule has 1 saturated heterocycles. The molecule has 3 heterocycles. The lowest BCUT2D eigenvalue weighted by molar-refractivity contribution is -0.0198. The highest BCUT2D eigenvalue weighted by Crippen LogP contribution is 2.34. The van der Waals surface area contributed by atoms with Crippen molar-refractivity contribution in [2.75, 3.05) is 37.6 Å². The van der Waals surface area contributed by atoms with Gasteiger partial charge in [-0.1, -0.05) is 52.7 Å². The van der Waals surface area contributed by atoms with Gasteiger partial charge in [-0.2, -0.15) is 5.10 Å². The lowest BCUT2D eigenvalue weighted by Crippen LogP contribution is -2.52. The topological polar surface area (TPSA) is 70.3 Å². The second-order valence-electron chi connectivity index (χ2n) is 7.98. The Morgan fingerprint density at radius 3 is 2.56 bits per heavy atom. The number of hydrogen-bond donors (Lipinski definition) is 1. The first-order valence-electron chi connectivity index (χ1n) is 10.3. The van der Waals surface area contributed by atoms with Crippen molar-refractivity contribution < 1.29 is 5.11 Å². The molecule has 0 aliphatic carbocycles. The zero-order valence-electron chi connectivity index (χ0n) is 17.2. The first-order valence-corrected chi connectivity index (χ1v) is 11.9. The van der Waals surface area contributed by atoms with Crippen molar-refractivity contribution in [2.24, 2.45) is 0 Å². The van der Waals surface area contributed by atoms with Gasteiger partial charge in [-0.15, -0.1) is 0 Å². The van der Waals surface area contributed by atoms with Crippen LogP contribution in [0.2, 0.25) is 10.0 Å². The van der Waals surface area contributed by atoms with Gasteiger partial charge in [-0.3, -0.25) is 4.90 Å². The molecular formula is C22H22Cl2N6OS. The summed E-state index contributed by atoms with van der Waals surface area (Å²) in [6.45, 7) is 3.96. The lowest BCUT2D eigenvalue weighted by atomic mass is 9.92. The summed E-state index contributed by atoms with van der Waals surface area (Å²) in [6.07, 6.45) is 3.06. The fourth-order valence-electron chi connectivity index (χ4n) is 4.13. The van der Waals surface area contributed by atoms with E-state index in [1.807, 2.05) is 18.2 Å². The summed E-state index contributed by atoms with van der Waals surface area (Å²) >= 11 is 14.3. The van der Waals surface area contributed by atoms with Crippen LogP contribution in [0.5, 0.6) is 0 Å². The summed E-state index contributed by atoms with van der Waals surface area (Å²) in [7, 11) is 0. The quantitative estimate of drug-likeness (QED) is 0.443.